The smallest absolute Gasteiger partial charge is 0.269 e. The lowest BCUT2D eigenvalue weighted by Crippen LogP contribution is -2.46. The summed E-state index contributed by atoms with van der Waals surface area (Å²) in [4.78, 5) is 40.2. The zero-order valence-electron chi connectivity index (χ0n) is 19.2. The van der Waals surface area contributed by atoms with Crippen LogP contribution in [0.2, 0.25) is 0 Å². The van der Waals surface area contributed by atoms with Crippen LogP contribution in [0, 0.1) is 6.92 Å². The van der Waals surface area contributed by atoms with Gasteiger partial charge in [-0.1, -0.05) is 0 Å². The first-order chi connectivity index (χ1) is 16.0. The van der Waals surface area contributed by atoms with Gasteiger partial charge in [0.1, 0.15) is 5.82 Å². The molecule has 0 unspecified atom stereocenters. The van der Waals surface area contributed by atoms with Crippen molar-refractivity contribution in [1.82, 2.24) is 24.7 Å². The molecule has 3 rings (SSSR count). The lowest BCUT2D eigenvalue weighted by atomic mass is 10.2. The van der Waals surface area contributed by atoms with Crippen LogP contribution in [0.5, 0.6) is 0 Å². The second-order valence-corrected chi connectivity index (χ2v) is 9.62. The van der Waals surface area contributed by atoms with Crippen molar-refractivity contribution in [2.24, 2.45) is 0 Å². The fourth-order valence-corrected chi connectivity index (χ4v) is 4.54. The fraction of sp³-hybridized carbons (Fsp3) is 0.273. The number of fused-ring (bicyclic) bond motifs is 1. The van der Waals surface area contributed by atoms with E-state index in [1.807, 2.05) is 18.4 Å². The first kappa shape index (κ1) is 24.9. The molecule has 11 nitrogen and oxygen atoms in total. The maximum absolute atomic E-state index is 12.7. The molecule has 0 radical (unpaired) electrons. The SMILES string of the molecule is CCn1c(C)nc2cc(C(=O)NNC(=O)CN(C)S(=O)(=O)c3ccc(NC(C)=O)cc3)ccc21. The molecule has 0 aliphatic heterocycles. The predicted molar refractivity (Wildman–Crippen MR) is 126 cm³/mol. The van der Waals surface area contributed by atoms with Crippen LogP contribution in [0.1, 0.15) is 30.0 Å². The molecule has 34 heavy (non-hydrogen) atoms. The molecule has 3 N–H and O–H groups in total. The largest absolute Gasteiger partial charge is 0.329 e. The van der Waals surface area contributed by atoms with Gasteiger partial charge in [0.15, 0.2) is 0 Å². The van der Waals surface area contributed by atoms with Gasteiger partial charge in [-0.2, -0.15) is 4.31 Å². The summed E-state index contributed by atoms with van der Waals surface area (Å²) < 4.78 is 28.3. The third kappa shape index (κ3) is 5.41. The number of aryl methyl sites for hydroxylation is 2. The number of sulfonamides is 1. The van der Waals surface area contributed by atoms with Gasteiger partial charge in [-0.25, -0.2) is 13.4 Å². The highest BCUT2D eigenvalue weighted by molar-refractivity contribution is 7.89. The number of amides is 3. The van der Waals surface area contributed by atoms with E-state index in [2.05, 4.69) is 21.2 Å². The van der Waals surface area contributed by atoms with Crippen LogP contribution in [0.15, 0.2) is 47.4 Å². The molecule has 3 aromatic rings. The van der Waals surface area contributed by atoms with Crippen molar-refractivity contribution in [3.05, 3.63) is 53.9 Å². The third-order valence-corrected chi connectivity index (χ3v) is 6.90. The van der Waals surface area contributed by atoms with Crippen LogP contribution in [0.3, 0.4) is 0 Å². The fourth-order valence-electron chi connectivity index (χ4n) is 3.41. The summed E-state index contributed by atoms with van der Waals surface area (Å²) in [5.74, 6) is -0.728. The lowest BCUT2D eigenvalue weighted by Gasteiger charge is -2.17. The van der Waals surface area contributed by atoms with E-state index in [1.54, 1.807) is 18.2 Å². The Balaban J connectivity index is 1.60. The van der Waals surface area contributed by atoms with Crippen molar-refractivity contribution in [2.75, 3.05) is 18.9 Å². The molecule has 0 fully saturated rings. The summed E-state index contributed by atoms with van der Waals surface area (Å²) >= 11 is 0. The number of carbonyl (C=O) groups excluding carboxylic acids is 3. The number of rotatable bonds is 7. The first-order valence-electron chi connectivity index (χ1n) is 10.4. The number of anilines is 1. The van der Waals surface area contributed by atoms with E-state index < -0.39 is 28.4 Å². The minimum atomic E-state index is -3.96. The molecule has 3 amide bonds. The molecule has 2 aromatic carbocycles. The van der Waals surface area contributed by atoms with Crippen molar-refractivity contribution < 1.29 is 22.8 Å². The van der Waals surface area contributed by atoms with Gasteiger partial charge in [0.2, 0.25) is 15.9 Å². The molecule has 0 aliphatic rings. The summed E-state index contributed by atoms with van der Waals surface area (Å²) in [7, 11) is -2.71. The number of nitrogens with one attached hydrogen (secondary N) is 3. The van der Waals surface area contributed by atoms with Crippen molar-refractivity contribution in [1.29, 1.82) is 0 Å². The Labute approximate surface area is 197 Å². The molecule has 0 bridgehead atoms. The normalized spacial score (nSPS) is 11.4. The molecule has 0 aliphatic carbocycles. The third-order valence-electron chi connectivity index (χ3n) is 5.08. The van der Waals surface area contributed by atoms with Crippen LogP contribution in [-0.4, -0.2) is 53.6 Å². The highest BCUT2D eigenvalue weighted by Crippen LogP contribution is 2.18. The van der Waals surface area contributed by atoms with E-state index in [9.17, 15) is 22.8 Å². The van der Waals surface area contributed by atoms with Crippen molar-refractivity contribution in [3.8, 4) is 0 Å². The van der Waals surface area contributed by atoms with Crippen molar-refractivity contribution in [3.63, 3.8) is 0 Å². The van der Waals surface area contributed by atoms with E-state index in [0.29, 0.717) is 16.8 Å². The number of hydrogen-bond acceptors (Lipinski definition) is 6. The average Bonchev–Trinajstić information content (AvgIpc) is 3.11. The summed E-state index contributed by atoms with van der Waals surface area (Å²) in [6, 6.07) is 10.6. The maximum Gasteiger partial charge on any atom is 0.269 e. The van der Waals surface area contributed by atoms with E-state index >= 15 is 0 Å². The Kier molecular flexibility index (Phi) is 7.32. The molecule has 0 saturated carbocycles. The predicted octanol–water partition coefficient (Wildman–Crippen LogP) is 1.40. The van der Waals surface area contributed by atoms with Crippen LogP contribution >= 0.6 is 0 Å². The zero-order valence-corrected chi connectivity index (χ0v) is 20.1. The minimum absolute atomic E-state index is 0.0453. The number of likely N-dealkylation sites (N-methyl/N-ethyl adjacent to an activating group) is 1. The van der Waals surface area contributed by atoms with Gasteiger partial charge in [-0.05, 0) is 56.3 Å². The lowest BCUT2D eigenvalue weighted by molar-refractivity contribution is -0.121. The van der Waals surface area contributed by atoms with Crippen molar-refractivity contribution >= 4 is 44.5 Å². The van der Waals surface area contributed by atoms with E-state index in [1.165, 1.54) is 38.2 Å². The van der Waals surface area contributed by atoms with Crippen molar-refractivity contribution in [2.45, 2.75) is 32.2 Å². The van der Waals surface area contributed by atoms with Crippen LogP contribution in [0.25, 0.3) is 11.0 Å². The number of carbonyl (C=O) groups is 3. The number of benzene rings is 2. The first-order valence-corrected chi connectivity index (χ1v) is 11.9. The monoisotopic (exact) mass is 486 g/mol. The molecule has 180 valence electrons. The number of nitrogens with zero attached hydrogens (tertiary/aromatic N) is 3. The molecular formula is C22H26N6O5S. The molecule has 0 atom stereocenters. The molecule has 0 saturated heterocycles. The maximum atomic E-state index is 12.7. The van der Waals surface area contributed by atoms with E-state index in [0.717, 1.165) is 22.2 Å². The second-order valence-electron chi connectivity index (χ2n) is 7.58. The van der Waals surface area contributed by atoms with Gasteiger partial charge >= 0.3 is 0 Å². The highest BCUT2D eigenvalue weighted by atomic mass is 32.2. The molecule has 12 heteroatoms. The minimum Gasteiger partial charge on any atom is -0.329 e. The number of imidazole rings is 1. The summed E-state index contributed by atoms with van der Waals surface area (Å²) in [5.41, 5.74) is 6.82. The number of aromatic nitrogens is 2. The molecular weight excluding hydrogens is 460 g/mol. The summed E-state index contributed by atoms with van der Waals surface area (Å²) in [6.45, 7) is 5.46. The van der Waals surface area contributed by atoms with Gasteiger partial charge in [0.05, 0.1) is 22.5 Å². The molecule has 0 spiro atoms. The highest BCUT2D eigenvalue weighted by Gasteiger charge is 2.23. The summed E-state index contributed by atoms with van der Waals surface area (Å²) in [5, 5.41) is 2.55. The van der Waals surface area contributed by atoms with Gasteiger partial charge < -0.3 is 9.88 Å². The standard InChI is InChI=1S/C22H26N6O5S/c1-5-28-14(2)23-19-12-16(6-11-20(19)28)22(31)26-25-21(30)13-27(4)34(32,33)18-9-7-17(8-10-18)24-15(3)29/h6-12H,5,13H2,1-4H3,(H,24,29)(H,25,30)(H,26,31). The van der Waals surface area contributed by atoms with Gasteiger partial charge in [0, 0.05) is 31.8 Å². The Morgan fingerprint density at radius 2 is 1.74 bits per heavy atom. The van der Waals surface area contributed by atoms with E-state index in [-0.39, 0.29) is 10.8 Å². The van der Waals surface area contributed by atoms with Gasteiger partial charge in [-0.15, -0.1) is 0 Å². The Morgan fingerprint density at radius 3 is 2.35 bits per heavy atom. The Morgan fingerprint density at radius 1 is 1.06 bits per heavy atom. The van der Waals surface area contributed by atoms with Gasteiger partial charge in [0.25, 0.3) is 11.8 Å². The Hall–Kier alpha value is -3.77. The second kappa shape index (κ2) is 10.0. The van der Waals surface area contributed by atoms with Crippen LogP contribution < -0.4 is 16.2 Å². The topological polar surface area (TPSA) is 142 Å². The molecule has 1 heterocycles. The summed E-state index contributed by atoms with van der Waals surface area (Å²) in [6.07, 6.45) is 0. The number of hydrazine groups is 1. The zero-order chi connectivity index (χ0) is 25.0. The van der Waals surface area contributed by atoms with E-state index in [4.69, 9.17) is 0 Å². The average molecular weight is 487 g/mol. The van der Waals surface area contributed by atoms with Crippen LogP contribution in [-0.2, 0) is 26.2 Å². The van der Waals surface area contributed by atoms with Crippen LogP contribution in [0.4, 0.5) is 5.69 Å². The molecule has 1 aromatic heterocycles. The number of hydrogen-bond donors (Lipinski definition) is 3. The van der Waals surface area contributed by atoms with Gasteiger partial charge in [-0.3, -0.25) is 25.2 Å². The quantitative estimate of drug-likeness (QED) is 0.431. The Bertz CT molecular complexity index is 1350.